The molecule has 1 heterocycles. The first-order valence-corrected chi connectivity index (χ1v) is 9.52. The highest BCUT2D eigenvalue weighted by atomic mass is 32.1. The Morgan fingerprint density at radius 2 is 2.00 bits per heavy atom. The van der Waals surface area contributed by atoms with Gasteiger partial charge in [0.25, 0.3) is 0 Å². The zero-order valence-corrected chi connectivity index (χ0v) is 16.1. The van der Waals surface area contributed by atoms with Crippen LogP contribution in [0.3, 0.4) is 0 Å². The van der Waals surface area contributed by atoms with Crippen LogP contribution in [0.2, 0.25) is 0 Å². The van der Waals surface area contributed by atoms with Gasteiger partial charge in [-0.3, -0.25) is 4.79 Å². The summed E-state index contributed by atoms with van der Waals surface area (Å²) in [5.41, 5.74) is 2.61. The molecule has 1 aromatic heterocycles. The van der Waals surface area contributed by atoms with Crippen LogP contribution in [0.15, 0.2) is 42.5 Å². The Morgan fingerprint density at radius 1 is 1.19 bits per heavy atom. The van der Waals surface area contributed by atoms with Gasteiger partial charge in [-0.1, -0.05) is 24.3 Å². The van der Waals surface area contributed by atoms with E-state index < -0.39 is 5.97 Å². The number of ether oxygens (including phenoxy) is 2. The summed E-state index contributed by atoms with van der Waals surface area (Å²) in [5.74, 6) is 0.459. The van der Waals surface area contributed by atoms with Gasteiger partial charge in [-0.15, -0.1) is 11.3 Å². The molecule has 0 fully saturated rings. The Bertz CT molecular complexity index is 944. The Morgan fingerprint density at radius 3 is 2.70 bits per heavy atom. The minimum absolute atomic E-state index is 0.0369. The molecular formula is C21H21NO4S. The molecule has 0 saturated heterocycles. The Kier molecular flexibility index (Phi) is 6.08. The number of hydrogen-bond acceptors (Lipinski definition) is 5. The van der Waals surface area contributed by atoms with E-state index in [1.807, 2.05) is 55.5 Å². The summed E-state index contributed by atoms with van der Waals surface area (Å²) < 4.78 is 12.3. The first-order valence-electron chi connectivity index (χ1n) is 8.70. The van der Waals surface area contributed by atoms with Crippen LogP contribution < -0.4 is 9.47 Å². The maximum Gasteiger partial charge on any atom is 0.303 e. The van der Waals surface area contributed by atoms with Crippen LogP contribution in [0.1, 0.15) is 30.3 Å². The van der Waals surface area contributed by atoms with Crippen molar-refractivity contribution in [3.8, 4) is 11.5 Å². The Balaban J connectivity index is 2.07. The van der Waals surface area contributed by atoms with Gasteiger partial charge in [0.2, 0.25) is 0 Å². The van der Waals surface area contributed by atoms with Gasteiger partial charge < -0.3 is 14.6 Å². The highest BCUT2D eigenvalue weighted by Crippen LogP contribution is 2.36. The van der Waals surface area contributed by atoms with E-state index in [-0.39, 0.29) is 6.42 Å². The van der Waals surface area contributed by atoms with Gasteiger partial charge in [0.15, 0.2) is 11.5 Å². The predicted molar refractivity (Wildman–Crippen MR) is 109 cm³/mol. The van der Waals surface area contributed by atoms with Crippen molar-refractivity contribution in [2.45, 2.75) is 19.8 Å². The number of benzene rings is 2. The van der Waals surface area contributed by atoms with Gasteiger partial charge in [0.05, 0.1) is 23.9 Å². The highest BCUT2D eigenvalue weighted by Gasteiger charge is 2.14. The number of carboxylic acid groups (broad SMARTS) is 1. The summed E-state index contributed by atoms with van der Waals surface area (Å²) in [6.07, 6.45) is 2.37. The van der Waals surface area contributed by atoms with Crippen LogP contribution in [-0.4, -0.2) is 29.8 Å². The number of allylic oxidation sites excluding steroid dienone is 1. The molecule has 3 aromatic rings. The topological polar surface area (TPSA) is 68.7 Å². The van der Waals surface area contributed by atoms with Crippen molar-refractivity contribution in [2.75, 3.05) is 13.7 Å². The third-order valence-electron chi connectivity index (χ3n) is 4.02. The zero-order valence-electron chi connectivity index (χ0n) is 15.3. The van der Waals surface area contributed by atoms with Gasteiger partial charge in [-0.25, -0.2) is 4.98 Å². The summed E-state index contributed by atoms with van der Waals surface area (Å²) in [4.78, 5) is 15.8. The molecule has 27 heavy (non-hydrogen) atoms. The fourth-order valence-electron chi connectivity index (χ4n) is 2.81. The molecule has 0 radical (unpaired) electrons. The quantitative estimate of drug-likeness (QED) is 0.585. The number of nitrogens with zero attached hydrogens (tertiary/aromatic N) is 1. The van der Waals surface area contributed by atoms with Crippen LogP contribution in [0.25, 0.3) is 21.9 Å². The van der Waals surface area contributed by atoms with E-state index in [2.05, 4.69) is 4.98 Å². The number of carboxylic acids is 1. The second-order valence-corrected chi connectivity index (χ2v) is 6.89. The number of rotatable bonds is 8. The van der Waals surface area contributed by atoms with Crippen molar-refractivity contribution in [1.29, 1.82) is 0 Å². The standard InChI is InChI=1S/C21H21NO4S/c1-3-26-17-9-6-7-14(20(17)25-2)13-15(11-12-19(23)24)21-22-16-8-4-5-10-18(16)27-21/h4-10,13H,3,11-12H2,1-2H3,(H,23,24). The first kappa shape index (κ1) is 18.9. The van der Waals surface area contributed by atoms with Gasteiger partial charge in [0.1, 0.15) is 5.01 Å². The number of thiazole rings is 1. The molecule has 0 saturated carbocycles. The Labute approximate surface area is 161 Å². The summed E-state index contributed by atoms with van der Waals surface area (Å²) in [6.45, 7) is 2.45. The number of carbonyl (C=O) groups is 1. The molecule has 0 unspecified atom stereocenters. The molecule has 0 bridgehead atoms. The molecule has 0 spiro atoms. The van der Waals surface area contributed by atoms with Crippen LogP contribution >= 0.6 is 11.3 Å². The lowest BCUT2D eigenvalue weighted by Gasteiger charge is -2.12. The molecule has 6 heteroatoms. The highest BCUT2D eigenvalue weighted by molar-refractivity contribution is 7.19. The van der Waals surface area contributed by atoms with E-state index in [0.717, 1.165) is 26.4 Å². The first-order chi connectivity index (χ1) is 13.1. The molecule has 0 atom stereocenters. The summed E-state index contributed by atoms with van der Waals surface area (Å²) in [7, 11) is 1.60. The van der Waals surface area contributed by atoms with Gasteiger partial charge in [-0.2, -0.15) is 0 Å². The number of methoxy groups -OCH3 is 1. The van der Waals surface area contributed by atoms with Gasteiger partial charge in [-0.05, 0) is 43.2 Å². The summed E-state index contributed by atoms with van der Waals surface area (Å²) in [5, 5.41) is 9.96. The molecule has 140 valence electrons. The summed E-state index contributed by atoms with van der Waals surface area (Å²) in [6, 6.07) is 13.6. The van der Waals surface area contributed by atoms with Crippen molar-refractivity contribution in [3.63, 3.8) is 0 Å². The molecule has 2 aromatic carbocycles. The summed E-state index contributed by atoms with van der Waals surface area (Å²) >= 11 is 1.56. The van der Waals surface area contributed by atoms with Crippen molar-refractivity contribution in [1.82, 2.24) is 4.98 Å². The Hall–Kier alpha value is -2.86. The monoisotopic (exact) mass is 383 g/mol. The molecule has 5 nitrogen and oxygen atoms in total. The number of hydrogen-bond donors (Lipinski definition) is 1. The number of para-hydroxylation sites is 2. The van der Waals surface area contributed by atoms with Crippen molar-refractivity contribution >= 4 is 39.2 Å². The van der Waals surface area contributed by atoms with Crippen LogP contribution in [0.5, 0.6) is 11.5 Å². The van der Waals surface area contributed by atoms with Gasteiger partial charge in [0, 0.05) is 12.0 Å². The van der Waals surface area contributed by atoms with Gasteiger partial charge >= 0.3 is 5.97 Å². The smallest absolute Gasteiger partial charge is 0.303 e. The lowest BCUT2D eigenvalue weighted by Crippen LogP contribution is -1.98. The molecular weight excluding hydrogens is 362 g/mol. The van der Waals surface area contributed by atoms with E-state index in [1.165, 1.54) is 0 Å². The molecule has 0 aliphatic carbocycles. The molecule has 0 amide bonds. The molecule has 3 rings (SSSR count). The van der Waals surface area contributed by atoms with Crippen molar-refractivity contribution < 1.29 is 19.4 Å². The third-order valence-corrected chi connectivity index (χ3v) is 5.13. The normalized spacial score (nSPS) is 11.6. The lowest BCUT2D eigenvalue weighted by molar-refractivity contribution is -0.136. The minimum atomic E-state index is -0.836. The largest absolute Gasteiger partial charge is 0.492 e. The predicted octanol–water partition coefficient (Wildman–Crippen LogP) is 5.11. The van der Waals surface area contributed by atoms with Crippen LogP contribution in [0.4, 0.5) is 0 Å². The lowest BCUT2D eigenvalue weighted by atomic mass is 10.1. The maximum absolute atomic E-state index is 11.1. The number of aliphatic carboxylic acids is 1. The van der Waals surface area contributed by atoms with E-state index in [1.54, 1.807) is 18.4 Å². The molecule has 0 aliphatic heterocycles. The second kappa shape index (κ2) is 8.68. The maximum atomic E-state index is 11.1. The zero-order chi connectivity index (χ0) is 19.2. The molecule has 1 N–H and O–H groups in total. The second-order valence-electron chi connectivity index (χ2n) is 5.86. The average Bonchev–Trinajstić information content (AvgIpc) is 3.09. The average molecular weight is 383 g/mol. The van der Waals surface area contributed by atoms with Crippen molar-refractivity contribution in [2.24, 2.45) is 0 Å². The SMILES string of the molecule is CCOc1cccc(C=C(CCC(=O)O)c2nc3ccccc3s2)c1OC. The van der Waals surface area contributed by atoms with E-state index in [0.29, 0.717) is 24.5 Å². The van der Waals surface area contributed by atoms with Crippen LogP contribution in [-0.2, 0) is 4.79 Å². The van der Waals surface area contributed by atoms with E-state index >= 15 is 0 Å². The third kappa shape index (κ3) is 4.46. The molecule has 0 aliphatic rings. The fraction of sp³-hybridized carbons (Fsp3) is 0.238. The van der Waals surface area contributed by atoms with E-state index in [4.69, 9.17) is 14.6 Å². The fourth-order valence-corrected chi connectivity index (χ4v) is 3.82. The van der Waals surface area contributed by atoms with Crippen molar-refractivity contribution in [3.05, 3.63) is 53.0 Å². The number of aromatic nitrogens is 1. The van der Waals surface area contributed by atoms with E-state index in [9.17, 15) is 4.79 Å². The minimum Gasteiger partial charge on any atom is -0.492 e. The van der Waals surface area contributed by atoms with Crippen LogP contribution in [0, 0.1) is 0 Å². The number of fused-ring (bicyclic) bond motifs is 1.